The topological polar surface area (TPSA) is 80.3 Å². The van der Waals surface area contributed by atoms with Gasteiger partial charge in [0.05, 0.1) is 18.4 Å². The van der Waals surface area contributed by atoms with Crippen LogP contribution in [-0.2, 0) is 4.79 Å². The number of amides is 2. The monoisotopic (exact) mass is 421 g/mol. The summed E-state index contributed by atoms with van der Waals surface area (Å²) < 4.78 is 5.12. The highest BCUT2D eigenvalue weighted by Crippen LogP contribution is 2.26. The maximum absolute atomic E-state index is 12.9. The van der Waals surface area contributed by atoms with Gasteiger partial charge in [-0.25, -0.2) is 4.98 Å². The van der Waals surface area contributed by atoms with Gasteiger partial charge in [0.2, 0.25) is 5.91 Å². The van der Waals surface area contributed by atoms with Gasteiger partial charge in [-0.1, -0.05) is 30.0 Å². The number of nitrogens with one attached hydrogen (secondary N) is 2. The summed E-state index contributed by atoms with van der Waals surface area (Å²) in [6.45, 7) is 3.74. The fourth-order valence-corrected chi connectivity index (χ4v) is 3.85. The number of carbonyl (C=O) groups is 2. The molecule has 0 fully saturated rings. The van der Waals surface area contributed by atoms with Crippen LogP contribution in [-0.4, -0.2) is 29.7 Å². The minimum atomic E-state index is -0.246. The first-order valence-electron chi connectivity index (χ1n) is 9.37. The largest absolute Gasteiger partial charge is 0.497 e. The molecule has 2 aromatic carbocycles. The van der Waals surface area contributed by atoms with Gasteiger partial charge in [-0.2, -0.15) is 0 Å². The van der Waals surface area contributed by atoms with E-state index >= 15 is 0 Å². The molecule has 0 unspecified atom stereocenters. The van der Waals surface area contributed by atoms with Crippen molar-refractivity contribution in [3.8, 4) is 5.75 Å². The van der Waals surface area contributed by atoms with Crippen molar-refractivity contribution in [2.75, 3.05) is 23.5 Å². The molecule has 2 N–H and O–H groups in total. The molecule has 154 valence electrons. The van der Waals surface area contributed by atoms with Crippen LogP contribution < -0.4 is 15.4 Å². The summed E-state index contributed by atoms with van der Waals surface area (Å²) in [4.78, 5) is 29.8. The van der Waals surface area contributed by atoms with E-state index in [1.807, 2.05) is 50.2 Å². The Morgan fingerprint density at radius 1 is 0.967 bits per heavy atom. The van der Waals surface area contributed by atoms with Gasteiger partial charge in [-0.3, -0.25) is 9.59 Å². The Labute approximate surface area is 180 Å². The highest BCUT2D eigenvalue weighted by molar-refractivity contribution is 8.00. The summed E-state index contributed by atoms with van der Waals surface area (Å²) in [7, 11) is 1.59. The van der Waals surface area contributed by atoms with Crippen LogP contribution in [0.15, 0.2) is 65.7 Å². The Morgan fingerprint density at radius 3 is 2.30 bits per heavy atom. The Hall–Kier alpha value is -3.32. The Balaban J connectivity index is 1.71. The lowest BCUT2D eigenvalue weighted by Gasteiger charge is -2.13. The molecule has 0 saturated heterocycles. The van der Waals surface area contributed by atoms with E-state index in [2.05, 4.69) is 15.6 Å². The summed E-state index contributed by atoms with van der Waals surface area (Å²) in [5.41, 5.74) is 3.47. The predicted octanol–water partition coefficient (Wildman–Crippen LogP) is 4.69. The number of methoxy groups -OCH3 is 1. The third kappa shape index (κ3) is 5.61. The van der Waals surface area contributed by atoms with E-state index in [-0.39, 0.29) is 17.6 Å². The number of thioether (sulfide) groups is 1. The molecule has 2 amide bonds. The number of hydrogen-bond donors (Lipinski definition) is 2. The standard InChI is InChI=1S/C23H23N3O3S/c1-15-13-16(2)24-23(21(15)22(28)26-17-7-5-4-6-8-17)30-14-20(27)25-18-9-11-19(29-3)12-10-18/h4-13H,14H2,1-3H3,(H,25,27)(H,26,28). The SMILES string of the molecule is COc1ccc(NC(=O)CSc2nc(C)cc(C)c2C(=O)Nc2ccccc2)cc1. The van der Waals surface area contributed by atoms with Gasteiger partial charge in [0.15, 0.2) is 0 Å². The van der Waals surface area contributed by atoms with Crippen molar-refractivity contribution in [2.24, 2.45) is 0 Å². The smallest absolute Gasteiger partial charge is 0.258 e. The lowest BCUT2D eigenvalue weighted by atomic mass is 10.1. The van der Waals surface area contributed by atoms with Crippen molar-refractivity contribution < 1.29 is 14.3 Å². The second-order valence-corrected chi connectivity index (χ2v) is 7.61. The lowest BCUT2D eigenvalue weighted by Crippen LogP contribution is -2.18. The van der Waals surface area contributed by atoms with E-state index in [4.69, 9.17) is 4.74 Å². The molecule has 7 heteroatoms. The van der Waals surface area contributed by atoms with Gasteiger partial charge in [0.1, 0.15) is 10.8 Å². The van der Waals surface area contributed by atoms with Crippen LogP contribution in [0.4, 0.5) is 11.4 Å². The molecule has 6 nitrogen and oxygen atoms in total. The van der Waals surface area contributed by atoms with E-state index < -0.39 is 0 Å². The highest BCUT2D eigenvalue weighted by atomic mass is 32.2. The van der Waals surface area contributed by atoms with Crippen molar-refractivity contribution in [3.05, 3.63) is 77.5 Å². The van der Waals surface area contributed by atoms with E-state index in [0.717, 1.165) is 17.0 Å². The minimum Gasteiger partial charge on any atom is -0.497 e. The van der Waals surface area contributed by atoms with Gasteiger partial charge < -0.3 is 15.4 Å². The molecule has 30 heavy (non-hydrogen) atoms. The molecule has 0 atom stereocenters. The summed E-state index contributed by atoms with van der Waals surface area (Å²) in [6.07, 6.45) is 0. The number of benzene rings is 2. The van der Waals surface area contributed by atoms with Crippen molar-refractivity contribution in [2.45, 2.75) is 18.9 Å². The van der Waals surface area contributed by atoms with Crippen LogP contribution in [0.25, 0.3) is 0 Å². The van der Waals surface area contributed by atoms with E-state index in [1.165, 1.54) is 11.8 Å². The summed E-state index contributed by atoms with van der Waals surface area (Å²) in [5, 5.41) is 6.26. The summed E-state index contributed by atoms with van der Waals surface area (Å²) >= 11 is 1.24. The van der Waals surface area contributed by atoms with E-state index in [9.17, 15) is 9.59 Å². The molecule has 3 aromatic rings. The number of hydrogen-bond acceptors (Lipinski definition) is 5. The summed E-state index contributed by atoms with van der Waals surface area (Å²) in [5.74, 6) is 0.425. The molecule has 1 aromatic heterocycles. The highest BCUT2D eigenvalue weighted by Gasteiger charge is 2.18. The zero-order valence-electron chi connectivity index (χ0n) is 17.1. The quantitative estimate of drug-likeness (QED) is 0.541. The molecule has 0 aliphatic rings. The van der Waals surface area contributed by atoms with Crippen molar-refractivity contribution in [1.82, 2.24) is 4.98 Å². The number of anilines is 2. The molecule has 0 spiro atoms. The Kier molecular flexibility index (Phi) is 7.08. The van der Waals surface area contributed by atoms with E-state index in [0.29, 0.717) is 22.0 Å². The number of pyridine rings is 1. The zero-order valence-corrected chi connectivity index (χ0v) is 17.9. The van der Waals surface area contributed by atoms with E-state index in [1.54, 1.807) is 31.4 Å². The number of para-hydroxylation sites is 1. The average Bonchev–Trinajstić information content (AvgIpc) is 2.73. The number of ether oxygens (including phenoxy) is 1. The fraction of sp³-hybridized carbons (Fsp3) is 0.174. The molecule has 1 heterocycles. The number of rotatable bonds is 7. The van der Waals surface area contributed by atoms with Crippen molar-refractivity contribution in [3.63, 3.8) is 0 Å². The first kappa shape index (κ1) is 21.4. The Morgan fingerprint density at radius 2 is 1.63 bits per heavy atom. The second kappa shape index (κ2) is 9.93. The first-order valence-corrected chi connectivity index (χ1v) is 10.4. The first-order chi connectivity index (χ1) is 14.5. The van der Waals surface area contributed by atoms with Gasteiger partial charge in [-0.15, -0.1) is 0 Å². The van der Waals surface area contributed by atoms with Gasteiger partial charge >= 0.3 is 0 Å². The molecule has 0 saturated carbocycles. The van der Waals surface area contributed by atoms with Crippen molar-refractivity contribution >= 4 is 35.0 Å². The zero-order chi connectivity index (χ0) is 21.5. The van der Waals surface area contributed by atoms with Crippen LogP contribution in [0.1, 0.15) is 21.6 Å². The number of aromatic nitrogens is 1. The molecular weight excluding hydrogens is 398 g/mol. The number of nitrogens with zero attached hydrogens (tertiary/aromatic N) is 1. The van der Waals surface area contributed by atoms with Crippen LogP contribution >= 0.6 is 11.8 Å². The second-order valence-electron chi connectivity index (χ2n) is 6.65. The maximum atomic E-state index is 12.9. The molecule has 0 aliphatic carbocycles. The molecular formula is C23H23N3O3S. The third-order valence-corrected chi connectivity index (χ3v) is 5.26. The molecule has 0 radical (unpaired) electrons. The van der Waals surface area contributed by atoms with Crippen LogP contribution in [0.3, 0.4) is 0 Å². The molecule has 0 aliphatic heterocycles. The molecule has 3 rings (SSSR count). The number of carbonyl (C=O) groups excluding carboxylic acids is 2. The normalized spacial score (nSPS) is 10.4. The summed E-state index contributed by atoms with van der Waals surface area (Å²) in [6, 6.07) is 18.2. The lowest BCUT2D eigenvalue weighted by molar-refractivity contribution is -0.113. The maximum Gasteiger partial charge on any atom is 0.258 e. The Bertz CT molecular complexity index is 1040. The third-order valence-electron chi connectivity index (χ3n) is 4.28. The van der Waals surface area contributed by atoms with Gasteiger partial charge in [0.25, 0.3) is 5.91 Å². The average molecular weight is 422 g/mol. The minimum absolute atomic E-state index is 0.132. The molecule has 0 bridgehead atoms. The van der Waals surface area contributed by atoms with Crippen molar-refractivity contribution in [1.29, 1.82) is 0 Å². The fourth-order valence-electron chi connectivity index (χ4n) is 2.90. The van der Waals surface area contributed by atoms with Crippen LogP contribution in [0.5, 0.6) is 5.75 Å². The van der Waals surface area contributed by atoms with Gasteiger partial charge in [0, 0.05) is 17.1 Å². The predicted molar refractivity (Wildman–Crippen MR) is 120 cm³/mol. The van der Waals surface area contributed by atoms with Crippen LogP contribution in [0, 0.1) is 13.8 Å². The van der Waals surface area contributed by atoms with Gasteiger partial charge in [-0.05, 0) is 61.9 Å². The number of aryl methyl sites for hydroxylation is 2. The van der Waals surface area contributed by atoms with Crippen LogP contribution in [0.2, 0.25) is 0 Å².